The van der Waals surface area contributed by atoms with Gasteiger partial charge in [0, 0.05) is 24.4 Å². The molecule has 34 heavy (non-hydrogen) atoms. The molecule has 2 saturated carbocycles. The van der Waals surface area contributed by atoms with Crippen LogP contribution in [-0.4, -0.2) is 32.6 Å². The maximum absolute atomic E-state index is 12.3. The second-order valence-corrected chi connectivity index (χ2v) is 10.6. The summed E-state index contributed by atoms with van der Waals surface area (Å²) < 4.78 is 11.5. The summed E-state index contributed by atoms with van der Waals surface area (Å²) in [7, 11) is 0. The highest BCUT2D eigenvalue weighted by atomic mass is 16.6. The van der Waals surface area contributed by atoms with E-state index in [4.69, 9.17) is 20.2 Å². The third kappa shape index (κ3) is 3.86. The van der Waals surface area contributed by atoms with Crippen LogP contribution in [0.1, 0.15) is 68.1 Å². The fourth-order valence-corrected chi connectivity index (χ4v) is 4.72. The van der Waals surface area contributed by atoms with E-state index in [1.54, 1.807) is 18.3 Å². The molecule has 2 fully saturated rings. The summed E-state index contributed by atoms with van der Waals surface area (Å²) in [5.74, 6) is 1.99. The molecule has 8 nitrogen and oxygen atoms in total. The van der Waals surface area contributed by atoms with E-state index in [0.29, 0.717) is 35.4 Å². The molecule has 0 amide bonds. The van der Waals surface area contributed by atoms with Crippen molar-refractivity contribution in [3.8, 4) is 5.88 Å². The van der Waals surface area contributed by atoms with E-state index in [9.17, 15) is 4.79 Å². The van der Waals surface area contributed by atoms with Crippen LogP contribution < -0.4 is 15.8 Å². The molecule has 3 aromatic rings. The van der Waals surface area contributed by atoms with Crippen molar-refractivity contribution in [2.75, 3.05) is 5.32 Å². The zero-order chi connectivity index (χ0) is 23.7. The molecule has 3 N–H and O–H groups in total. The van der Waals surface area contributed by atoms with Gasteiger partial charge in [-0.3, -0.25) is 0 Å². The molecule has 2 aliphatic carbocycles. The van der Waals surface area contributed by atoms with Gasteiger partial charge >= 0.3 is 5.97 Å². The number of nitrogens with one attached hydrogen (secondary N) is 1. The summed E-state index contributed by atoms with van der Waals surface area (Å²) in [5.41, 5.74) is 7.99. The van der Waals surface area contributed by atoms with Crippen LogP contribution in [0.15, 0.2) is 30.6 Å². The Bertz CT molecular complexity index is 1310. The molecule has 3 aromatic heterocycles. The van der Waals surface area contributed by atoms with E-state index in [1.807, 2.05) is 26.1 Å². The monoisotopic (exact) mass is 459 g/mol. The van der Waals surface area contributed by atoms with Crippen molar-refractivity contribution >= 4 is 28.4 Å². The Hall–Kier alpha value is -3.26. The van der Waals surface area contributed by atoms with Crippen molar-refractivity contribution in [2.45, 2.75) is 70.1 Å². The predicted octanol–water partition coefficient (Wildman–Crippen LogP) is 4.39. The van der Waals surface area contributed by atoms with Gasteiger partial charge in [-0.2, -0.15) is 0 Å². The highest BCUT2D eigenvalue weighted by molar-refractivity contribution is 5.93. The molecular weight excluding hydrogens is 430 g/mol. The first-order valence-corrected chi connectivity index (χ1v) is 11.9. The largest absolute Gasteiger partial charge is 0.474 e. The molecular formula is C26H29N5O3. The Kier molecular flexibility index (Phi) is 4.61. The van der Waals surface area contributed by atoms with Crippen LogP contribution in [0.25, 0.3) is 10.8 Å². The van der Waals surface area contributed by atoms with E-state index in [2.05, 4.69) is 22.2 Å². The number of fused-ring (bicyclic) bond motifs is 2. The lowest BCUT2D eigenvalue weighted by atomic mass is 9.86. The van der Waals surface area contributed by atoms with E-state index < -0.39 is 11.1 Å². The number of nitrogens with zero attached hydrogens (tertiary/aromatic N) is 3. The van der Waals surface area contributed by atoms with Crippen LogP contribution >= 0.6 is 0 Å². The SMILES string of the molecule is CC1(C)Cc2nc(Nc3cc4c([C@@](C)(N)C5CC5)cnc(OC5CC5)c4cn3)ccc2C(=O)O1. The minimum Gasteiger partial charge on any atom is -0.474 e. The number of hydrogen-bond donors (Lipinski definition) is 2. The van der Waals surface area contributed by atoms with Gasteiger partial charge in [0.15, 0.2) is 0 Å². The zero-order valence-electron chi connectivity index (χ0n) is 19.7. The van der Waals surface area contributed by atoms with E-state index in [0.717, 1.165) is 47.7 Å². The molecule has 0 radical (unpaired) electrons. The van der Waals surface area contributed by atoms with Crippen molar-refractivity contribution in [1.29, 1.82) is 0 Å². The van der Waals surface area contributed by atoms with Crippen LogP contribution in [0.5, 0.6) is 5.88 Å². The summed E-state index contributed by atoms with van der Waals surface area (Å²) in [4.78, 5) is 26.2. The fourth-order valence-electron chi connectivity index (χ4n) is 4.72. The lowest BCUT2D eigenvalue weighted by Crippen LogP contribution is -2.36. The lowest BCUT2D eigenvalue weighted by Gasteiger charge is -2.30. The number of hydrogen-bond acceptors (Lipinski definition) is 8. The Balaban J connectivity index is 1.38. The average Bonchev–Trinajstić information content (AvgIpc) is 3.66. The first-order chi connectivity index (χ1) is 16.2. The summed E-state index contributed by atoms with van der Waals surface area (Å²) >= 11 is 0. The van der Waals surface area contributed by atoms with Crippen LogP contribution in [0.4, 0.5) is 11.6 Å². The van der Waals surface area contributed by atoms with Crippen molar-refractivity contribution in [2.24, 2.45) is 11.7 Å². The Morgan fingerprint density at radius 3 is 2.65 bits per heavy atom. The van der Waals surface area contributed by atoms with Gasteiger partial charge in [0.05, 0.1) is 16.6 Å². The van der Waals surface area contributed by atoms with Crippen LogP contribution in [0, 0.1) is 5.92 Å². The highest BCUT2D eigenvalue weighted by Crippen LogP contribution is 2.46. The number of cyclic esters (lactones) is 1. The topological polar surface area (TPSA) is 112 Å². The Morgan fingerprint density at radius 1 is 1.12 bits per heavy atom. The number of nitrogens with two attached hydrogens (primary N) is 1. The molecule has 3 aliphatic rings. The maximum atomic E-state index is 12.3. The molecule has 4 heterocycles. The Morgan fingerprint density at radius 2 is 1.91 bits per heavy atom. The van der Waals surface area contributed by atoms with Crippen molar-refractivity contribution in [1.82, 2.24) is 15.0 Å². The molecule has 0 unspecified atom stereocenters. The number of rotatable bonds is 6. The number of pyridine rings is 3. The molecule has 0 saturated heterocycles. The number of aromatic nitrogens is 3. The Labute approximate surface area is 198 Å². The van der Waals surface area contributed by atoms with Crippen molar-refractivity contribution < 1.29 is 14.3 Å². The smallest absolute Gasteiger partial charge is 0.340 e. The summed E-state index contributed by atoms with van der Waals surface area (Å²) in [6.07, 6.45) is 8.83. The number of carbonyl (C=O) groups is 1. The predicted molar refractivity (Wildman–Crippen MR) is 128 cm³/mol. The van der Waals surface area contributed by atoms with Gasteiger partial charge < -0.3 is 20.5 Å². The van der Waals surface area contributed by atoms with Gasteiger partial charge in [0.2, 0.25) is 5.88 Å². The molecule has 6 rings (SSSR count). The molecule has 1 atom stereocenters. The molecule has 176 valence electrons. The standard InChI is InChI=1S/C26H29N5O3/c1-25(2)11-20-16(24(32)34-25)8-9-21(30-20)31-22-10-17-18(12-28-22)23(33-15-6-7-15)29-13-19(17)26(3,27)14-4-5-14/h8-10,12-15H,4-7,11,27H2,1-3H3,(H,28,30,31)/t26-/m0/s1. The summed E-state index contributed by atoms with van der Waals surface area (Å²) in [5, 5.41) is 5.17. The lowest BCUT2D eigenvalue weighted by molar-refractivity contribution is -0.00714. The highest BCUT2D eigenvalue weighted by Gasteiger charge is 2.41. The summed E-state index contributed by atoms with van der Waals surface area (Å²) in [6.45, 7) is 5.87. The zero-order valence-corrected chi connectivity index (χ0v) is 19.7. The molecule has 8 heteroatoms. The second-order valence-electron chi connectivity index (χ2n) is 10.6. The van der Waals surface area contributed by atoms with E-state index in [-0.39, 0.29) is 12.1 Å². The van der Waals surface area contributed by atoms with Crippen LogP contribution in [0.2, 0.25) is 0 Å². The first-order valence-electron chi connectivity index (χ1n) is 11.9. The minimum absolute atomic E-state index is 0.239. The number of carbonyl (C=O) groups excluding carboxylic acids is 1. The van der Waals surface area contributed by atoms with Gasteiger partial charge in [0.1, 0.15) is 23.3 Å². The van der Waals surface area contributed by atoms with Gasteiger partial charge in [-0.05, 0) is 81.5 Å². The van der Waals surface area contributed by atoms with Crippen molar-refractivity contribution in [3.63, 3.8) is 0 Å². The number of anilines is 2. The van der Waals surface area contributed by atoms with Crippen LogP contribution in [0.3, 0.4) is 0 Å². The maximum Gasteiger partial charge on any atom is 0.340 e. The molecule has 0 spiro atoms. The number of esters is 1. The molecule has 0 aromatic carbocycles. The average molecular weight is 460 g/mol. The van der Waals surface area contributed by atoms with Crippen LogP contribution in [-0.2, 0) is 16.7 Å². The molecule has 1 aliphatic heterocycles. The van der Waals surface area contributed by atoms with Crippen molar-refractivity contribution in [3.05, 3.63) is 47.4 Å². The number of ether oxygens (including phenoxy) is 2. The van der Waals surface area contributed by atoms with E-state index >= 15 is 0 Å². The van der Waals surface area contributed by atoms with Gasteiger partial charge in [-0.25, -0.2) is 19.7 Å². The third-order valence-electron chi connectivity index (χ3n) is 6.96. The first kappa shape index (κ1) is 21.3. The van der Waals surface area contributed by atoms with Gasteiger partial charge in [-0.1, -0.05) is 0 Å². The second kappa shape index (κ2) is 7.37. The fraction of sp³-hybridized carbons (Fsp3) is 0.462. The van der Waals surface area contributed by atoms with Gasteiger partial charge in [0.25, 0.3) is 0 Å². The quantitative estimate of drug-likeness (QED) is 0.522. The van der Waals surface area contributed by atoms with E-state index in [1.165, 1.54) is 0 Å². The summed E-state index contributed by atoms with van der Waals surface area (Å²) in [6, 6.07) is 5.53. The normalized spacial score (nSPS) is 20.9. The third-order valence-corrected chi connectivity index (χ3v) is 6.96. The minimum atomic E-state index is -0.578. The molecule has 0 bridgehead atoms. The van der Waals surface area contributed by atoms with Gasteiger partial charge in [-0.15, -0.1) is 0 Å².